The van der Waals surface area contributed by atoms with Gasteiger partial charge in [-0.05, 0) is 12.8 Å². The Kier molecular flexibility index (Phi) is 3.65. The predicted molar refractivity (Wildman–Crippen MR) is 57.3 cm³/mol. The molecule has 1 aromatic heterocycles. The number of imidazole rings is 1. The molecule has 1 unspecified atom stereocenters. The molecule has 0 saturated heterocycles. The molecule has 1 aromatic rings. The van der Waals surface area contributed by atoms with Crippen LogP contribution in [-0.4, -0.2) is 33.0 Å². The number of rotatable bonds is 4. The van der Waals surface area contributed by atoms with Crippen LogP contribution in [0.15, 0.2) is 6.33 Å². The molecule has 3 N–H and O–H groups in total. The minimum atomic E-state index is -1.19. The molecule has 0 aliphatic rings. The number of H-pyrrole nitrogens is 1. The number of aromatic amines is 1. The lowest BCUT2D eigenvalue weighted by molar-refractivity contribution is 0.0684. The molecule has 88 valence electrons. The van der Waals surface area contributed by atoms with Crippen molar-refractivity contribution < 1.29 is 14.7 Å². The van der Waals surface area contributed by atoms with Gasteiger partial charge >= 0.3 is 5.97 Å². The number of hydrogen-bond donors (Lipinski definition) is 3. The fourth-order valence-corrected chi connectivity index (χ4v) is 1.07. The van der Waals surface area contributed by atoms with Crippen molar-refractivity contribution in [1.29, 1.82) is 0 Å². The molecule has 16 heavy (non-hydrogen) atoms. The van der Waals surface area contributed by atoms with Crippen LogP contribution < -0.4 is 5.32 Å². The molecule has 6 nitrogen and oxygen atoms in total. The van der Waals surface area contributed by atoms with Gasteiger partial charge in [-0.15, -0.1) is 0 Å². The van der Waals surface area contributed by atoms with Crippen molar-refractivity contribution in [2.75, 3.05) is 0 Å². The normalized spacial score (nSPS) is 12.5. The van der Waals surface area contributed by atoms with E-state index in [-0.39, 0.29) is 23.3 Å². The van der Waals surface area contributed by atoms with Gasteiger partial charge in [0.05, 0.1) is 6.33 Å². The first-order valence-electron chi connectivity index (χ1n) is 5.01. The average molecular weight is 225 g/mol. The SMILES string of the molecule is CC(C)C(C)NC(=O)c1nc[nH]c1C(=O)O. The maximum atomic E-state index is 11.7. The van der Waals surface area contributed by atoms with E-state index in [2.05, 4.69) is 15.3 Å². The zero-order valence-corrected chi connectivity index (χ0v) is 9.44. The number of carboxylic acids is 1. The van der Waals surface area contributed by atoms with Crippen molar-refractivity contribution in [3.63, 3.8) is 0 Å². The van der Waals surface area contributed by atoms with Crippen LogP contribution in [0, 0.1) is 5.92 Å². The number of nitrogens with one attached hydrogen (secondary N) is 2. The molecule has 0 aromatic carbocycles. The van der Waals surface area contributed by atoms with Crippen LogP contribution in [0.2, 0.25) is 0 Å². The lowest BCUT2D eigenvalue weighted by atomic mass is 10.1. The minimum Gasteiger partial charge on any atom is -0.477 e. The fourth-order valence-electron chi connectivity index (χ4n) is 1.07. The van der Waals surface area contributed by atoms with Gasteiger partial charge in [0.1, 0.15) is 0 Å². The van der Waals surface area contributed by atoms with Crippen LogP contribution in [0.1, 0.15) is 41.7 Å². The maximum absolute atomic E-state index is 11.7. The second-order valence-corrected chi connectivity index (χ2v) is 3.94. The van der Waals surface area contributed by atoms with E-state index in [1.54, 1.807) is 0 Å². The molecule has 0 aliphatic heterocycles. The molecule has 0 saturated carbocycles. The van der Waals surface area contributed by atoms with E-state index in [9.17, 15) is 9.59 Å². The zero-order valence-electron chi connectivity index (χ0n) is 9.44. The number of carbonyl (C=O) groups is 2. The highest BCUT2D eigenvalue weighted by Crippen LogP contribution is 2.05. The zero-order chi connectivity index (χ0) is 12.3. The Balaban J connectivity index is 2.81. The van der Waals surface area contributed by atoms with Gasteiger partial charge in [-0.2, -0.15) is 0 Å². The Morgan fingerprint density at radius 2 is 2.06 bits per heavy atom. The van der Waals surface area contributed by atoms with Crippen molar-refractivity contribution >= 4 is 11.9 Å². The topological polar surface area (TPSA) is 95.1 Å². The summed E-state index contributed by atoms with van der Waals surface area (Å²) in [6.07, 6.45) is 1.19. The first-order valence-corrected chi connectivity index (χ1v) is 5.01. The Bertz CT molecular complexity index is 398. The van der Waals surface area contributed by atoms with E-state index in [1.807, 2.05) is 20.8 Å². The summed E-state index contributed by atoms with van der Waals surface area (Å²) in [6.45, 7) is 5.79. The Morgan fingerprint density at radius 1 is 1.44 bits per heavy atom. The number of aromatic nitrogens is 2. The van der Waals surface area contributed by atoms with Gasteiger partial charge in [0.2, 0.25) is 0 Å². The summed E-state index contributed by atoms with van der Waals surface area (Å²) in [5.74, 6) is -1.39. The summed E-state index contributed by atoms with van der Waals surface area (Å²) < 4.78 is 0. The Labute approximate surface area is 93.1 Å². The van der Waals surface area contributed by atoms with E-state index >= 15 is 0 Å². The van der Waals surface area contributed by atoms with Crippen LogP contribution in [0.4, 0.5) is 0 Å². The monoisotopic (exact) mass is 225 g/mol. The van der Waals surface area contributed by atoms with Gasteiger partial charge in [0.15, 0.2) is 11.4 Å². The van der Waals surface area contributed by atoms with Crippen molar-refractivity contribution in [2.45, 2.75) is 26.8 Å². The smallest absolute Gasteiger partial charge is 0.354 e. The van der Waals surface area contributed by atoms with Crippen LogP contribution in [0.5, 0.6) is 0 Å². The number of carbonyl (C=O) groups excluding carboxylic acids is 1. The summed E-state index contributed by atoms with van der Waals surface area (Å²) in [6, 6.07) is -0.0363. The molecular weight excluding hydrogens is 210 g/mol. The largest absolute Gasteiger partial charge is 0.477 e. The van der Waals surface area contributed by atoms with E-state index in [4.69, 9.17) is 5.11 Å². The van der Waals surface area contributed by atoms with Gasteiger partial charge < -0.3 is 15.4 Å². The number of aromatic carboxylic acids is 1. The van der Waals surface area contributed by atoms with Gasteiger partial charge in [-0.3, -0.25) is 4.79 Å². The number of carboxylic acid groups (broad SMARTS) is 1. The van der Waals surface area contributed by atoms with Crippen molar-refractivity contribution in [2.24, 2.45) is 5.92 Å². The van der Waals surface area contributed by atoms with Gasteiger partial charge in [-0.1, -0.05) is 13.8 Å². The Morgan fingerprint density at radius 3 is 2.56 bits per heavy atom. The molecule has 0 bridgehead atoms. The first kappa shape index (κ1) is 12.2. The van der Waals surface area contributed by atoms with Crippen LogP contribution in [0.25, 0.3) is 0 Å². The quantitative estimate of drug-likeness (QED) is 0.708. The fraction of sp³-hybridized carbons (Fsp3) is 0.500. The van der Waals surface area contributed by atoms with Crippen molar-refractivity contribution in [3.05, 3.63) is 17.7 Å². The highest BCUT2D eigenvalue weighted by atomic mass is 16.4. The second kappa shape index (κ2) is 4.78. The van der Waals surface area contributed by atoms with E-state index in [1.165, 1.54) is 6.33 Å². The maximum Gasteiger partial charge on any atom is 0.354 e. The molecule has 1 heterocycles. The predicted octanol–water partition coefficient (Wildman–Crippen LogP) is 0.882. The van der Waals surface area contributed by atoms with E-state index in [0.29, 0.717) is 0 Å². The molecule has 1 rings (SSSR count). The highest BCUT2D eigenvalue weighted by Gasteiger charge is 2.21. The molecule has 0 aliphatic carbocycles. The molecule has 1 atom stereocenters. The molecule has 1 amide bonds. The molecular formula is C10H15N3O3. The number of hydrogen-bond acceptors (Lipinski definition) is 3. The summed E-state index contributed by atoms with van der Waals surface area (Å²) in [4.78, 5) is 28.6. The summed E-state index contributed by atoms with van der Waals surface area (Å²) in [5, 5.41) is 11.5. The summed E-state index contributed by atoms with van der Waals surface area (Å²) in [5.41, 5.74) is -0.270. The van der Waals surface area contributed by atoms with Gasteiger partial charge in [0.25, 0.3) is 5.91 Å². The molecule has 0 radical (unpaired) electrons. The third-order valence-corrected chi connectivity index (χ3v) is 2.43. The van der Waals surface area contributed by atoms with E-state index < -0.39 is 11.9 Å². The first-order chi connectivity index (χ1) is 7.43. The molecule has 0 spiro atoms. The van der Waals surface area contributed by atoms with Crippen LogP contribution in [-0.2, 0) is 0 Å². The number of amides is 1. The number of nitrogens with zero attached hydrogens (tertiary/aromatic N) is 1. The van der Waals surface area contributed by atoms with Crippen molar-refractivity contribution in [3.8, 4) is 0 Å². The second-order valence-electron chi connectivity index (χ2n) is 3.94. The lowest BCUT2D eigenvalue weighted by Crippen LogP contribution is -2.37. The molecule has 6 heteroatoms. The standard InChI is InChI=1S/C10H15N3O3/c1-5(2)6(3)13-9(14)7-8(10(15)16)12-4-11-7/h4-6H,1-3H3,(H,11,12)(H,13,14)(H,15,16). The van der Waals surface area contributed by atoms with E-state index in [0.717, 1.165) is 0 Å². The molecule has 0 fully saturated rings. The lowest BCUT2D eigenvalue weighted by Gasteiger charge is -2.16. The third-order valence-electron chi connectivity index (χ3n) is 2.43. The minimum absolute atomic E-state index is 0.0363. The highest BCUT2D eigenvalue weighted by molar-refractivity contribution is 6.02. The van der Waals surface area contributed by atoms with Crippen LogP contribution in [0.3, 0.4) is 0 Å². The average Bonchev–Trinajstić information content (AvgIpc) is 2.65. The Hall–Kier alpha value is -1.85. The summed E-state index contributed by atoms with van der Waals surface area (Å²) in [7, 11) is 0. The third kappa shape index (κ3) is 2.59. The van der Waals surface area contributed by atoms with Crippen molar-refractivity contribution in [1.82, 2.24) is 15.3 Å². The van der Waals surface area contributed by atoms with Crippen LogP contribution >= 0.6 is 0 Å². The summed E-state index contributed by atoms with van der Waals surface area (Å²) >= 11 is 0. The van der Waals surface area contributed by atoms with Gasteiger partial charge in [0, 0.05) is 6.04 Å². The van der Waals surface area contributed by atoms with Gasteiger partial charge in [-0.25, -0.2) is 9.78 Å².